The molecule has 1 saturated heterocycles. The number of guanidine groups is 1. The minimum Gasteiger partial charge on any atom is -0.370 e. The van der Waals surface area contributed by atoms with Crippen molar-refractivity contribution in [2.45, 2.75) is 19.9 Å². The largest absolute Gasteiger partial charge is 0.370 e. The monoisotopic (exact) mass is 289 g/mol. The number of rotatable bonds is 3. The van der Waals surface area contributed by atoms with Crippen molar-refractivity contribution in [1.29, 1.82) is 0 Å². The van der Waals surface area contributed by atoms with E-state index in [9.17, 15) is 4.79 Å². The summed E-state index contributed by atoms with van der Waals surface area (Å²) in [6.07, 6.45) is 0. The molecule has 0 unspecified atom stereocenters. The maximum Gasteiger partial charge on any atom is 0.253 e. The molecule has 114 valence electrons. The molecule has 1 fully saturated rings. The van der Waals surface area contributed by atoms with E-state index in [1.165, 1.54) is 0 Å². The van der Waals surface area contributed by atoms with Crippen molar-refractivity contribution < 1.29 is 4.79 Å². The lowest BCUT2D eigenvalue weighted by Crippen LogP contribution is -2.50. The summed E-state index contributed by atoms with van der Waals surface area (Å²) in [7, 11) is 0. The van der Waals surface area contributed by atoms with E-state index in [4.69, 9.17) is 11.5 Å². The van der Waals surface area contributed by atoms with Gasteiger partial charge in [0.2, 0.25) is 0 Å². The van der Waals surface area contributed by atoms with Gasteiger partial charge in [-0.2, -0.15) is 0 Å². The quantitative estimate of drug-likeness (QED) is 0.635. The van der Waals surface area contributed by atoms with Crippen LogP contribution in [0.3, 0.4) is 0 Å². The van der Waals surface area contributed by atoms with Crippen LogP contribution in [0.1, 0.15) is 24.2 Å². The van der Waals surface area contributed by atoms with Crippen molar-refractivity contribution in [2.75, 3.05) is 26.2 Å². The Morgan fingerprint density at radius 3 is 2.14 bits per heavy atom. The molecule has 1 aliphatic rings. The third-order valence-corrected chi connectivity index (χ3v) is 3.70. The second kappa shape index (κ2) is 6.58. The van der Waals surface area contributed by atoms with Gasteiger partial charge in [0.05, 0.1) is 5.69 Å². The predicted octanol–water partition coefficient (Wildman–Crippen LogP) is 0.758. The highest BCUT2D eigenvalue weighted by Crippen LogP contribution is 2.15. The first kappa shape index (κ1) is 15.3. The molecule has 0 aliphatic carbocycles. The van der Waals surface area contributed by atoms with Gasteiger partial charge in [0.15, 0.2) is 5.96 Å². The van der Waals surface area contributed by atoms with Gasteiger partial charge in [-0.15, -0.1) is 0 Å². The fourth-order valence-electron chi connectivity index (χ4n) is 2.45. The zero-order valence-electron chi connectivity index (χ0n) is 12.6. The normalized spacial score (nSPS) is 16.0. The molecule has 1 heterocycles. The Labute approximate surface area is 125 Å². The number of carbonyl (C=O) groups is 1. The number of benzene rings is 1. The second-order valence-corrected chi connectivity index (χ2v) is 5.51. The Hall–Kier alpha value is -2.08. The van der Waals surface area contributed by atoms with Crippen LogP contribution in [0.25, 0.3) is 0 Å². The fraction of sp³-hybridized carbons (Fsp3) is 0.467. The first-order valence-electron chi connectivity index (χ1n) is 7.20. The smallest absolute Gasteiger partial charge is 0.253 e. The van der Waals surface area contributed by atoms with Gasteiger partial charge in [-0.25, -0.2) is 4.99 Å². The Balaban J connectivity index is 1.99. The lowest BCUT2D eigenvalue weighted by Gasteiger charge is -2.37. The molecule has 1 aromatic carbocycles. The standard InChI is InChI=1S/C15H23N5O/c1-11(2)19-7-9-20(10-8-19)14(21)12-3-5-13(6-4-12)18-15(16)17/h3-6,11H,7-10H2,1-2H3,(H4,16,17,18). The molecule has 0 saturated carbocycles. The molecule has 2 rings (SSSR count). The average Bonchev–Trinajstić information content (AvgIpc) is 2.47. The predicted molar refractivity (Wildman–Crippen MR) is 84.5 cm³/mol. The van der Waals surface area contributed by atoms with E-state index in [1.54, 1.807) is 24.3 Å². The SMILES string of the molecule is CC(C)N1CCN(C(=O)c2ccc(N=C(N)N)cc2)CC1. The number of hydrogen-bond donors (Lipinski definition) is 2. The zero-order valence-corrected chi connectivity index (χ0v) is 12.6. The Morgan fingerprint density at radius 2 is 1.67 bits per heavy atom. The summed E-state index contributed by atoms with van der Waals surface area (Å²) >= 11 is 0. The van der Waals surface area contributed by atoms with Gasteiger partial charge in [0.25, 0.3) is 5.91 Å². The van der Waals surface area contributed by atoms with Crippen LogP contribution >= 0.6 is 0 Å². The lowest BCUT2D eigenvalue weighted by molar-refractivity contribution is 0.0595. The minimum absolute atomic E-state index is 0.0129. The van der Waals surface area contributed by atoms with E-state index in [1.807, 2.05) is 4.90 Å². The maximum absolute atomic E-state index is 12.4. The van der Waals surface area contributed by atoms with Crippen LogP contribution in [0.5, 0.6) is 0 Å². The molecule has 1 aliphatic heterocycles. The molecule has 0 spiro atoms. The van der Waals surface area contributed by atoms with E-state index in [0.29, 0.717) is 17.3 Å². The third-order valence-electron chi connectivity index (χ3n) is 3.70. The van der Waals surface area contributed by atoms with Gasteiger partial charge >= 0.3 is 0 Å². The van der Waals surface area contributed by atoms with E-state index in [0.717, 1.165) is 26.2 Å². The summed E-state index contributed by atoms with van der Waals surface area (Å²) in [5, 5.41) is 0. The molecule has 0 aromatic heterocycles. The summed E-state index contributed by atoms with van der Waals surface area (Å²) in [6, 6.07) is 7.55. The van der Waals surface area contributed by atoms with E-state index >= 15 is 0 Å². The molecule has 4 N–H and O–H groups in total. The highest BCUT2D eigenvalue weighted by atomic mass is 16.2. The van der Waals surface area contributed by atoms with Gasteiger partial charge in [-0.05, 0) is 38.1 Å². The zero-order chi connectivity index (χ0) is 15.4. The fourth-order valence-corrected chi connectivity index (χ4v) is 2.45. The molecule has 0 bridgehead atoms. The number of nitrogens with zero attached hydrogens (tertiary/aromatic N) is 3. The molecule has 1 aromatic rings. The number of carbonyl (C=O) groups excluding carboxylic acids is 1. The van der Waals surface area contributed by atoms with Crippen molar-refractivity contribution in [2.24, 2.45) is 16.5 Å². The second-order valence-electron chi connectivity index (χ2n) is 5.51. The maximum atomic E-state index is 12.4. The molecule has 6 nitrogen and oxygen atoms in total. The van der Waals surface area contributed by atoms with Gasteiger partial charge in [0, 0.05) is 37.8 Å². The topological polar surface area (TPSA) is 87.9 Å². The summed E-state index contributed by atoms with van der Waals surface area (Å²) in [5.74, 6) is 0.0774. The van der Waals surface area contributed by atoms with Crippen molar-refractivity contribution in [3.63, 3.8) is 0 Å². The number of piperazine rings is 1. The summed E-state index contributed by atoms with van der Waals surface area (Å²) in [4.78, 5) is 20.7. The summed E-state index contributed by atoms with van der Waals surface area (Å²) in [6.45, 7) is 7.75. The van der Waals surface area contributed by atoms with Crippen molar-refractivity contribution in [3.8, 4) is 0 Å². The number of amides is 1. The van der Waals surface area contributed by atoms with Crippen molar-refractivity contribution in [3.05, 3.63) is 29.8 Å². The van der Waals surface area contributed by atoms with Crippen molar-refractivity contribution in [1.82, 2.24) is 9.80 Å². The number of nitrogens with two attached hydrogens (primary N) is 2. The van der Waals surface area contributed by atoms with Crippen LogP contribution in [-0.4, -0.2) is 53.9 Å². The van der Waals surface area contributed by atoms with Crippen LogP contribution in [0.15, 0.2) is 29.3 Å². The molecular formula is C15H23N5O. The third kappa shape index (κ3) is 3.95. The Kier molecular flexibility index (Phi) is 4.80. The van der Waals surface area contributed by atoms with Crippen LogP contribution in [0, 0.1) is 0 Å². The van der Waals surface area contributed by atoms with E-state index in [-0.39, 0.29) is 11.9 Å². The molecular weight excluding hydrogens is 266 g/mol. The summed E-state index contributed by atoms with van der Waals surface area (Å²) in [5.41, 5.74) is 12.0. The molecule has 0 radical (unpaired) electrons. The molecule has 6 heteroatoms. The molecule has 21 heavy (non-hydrogen) atoms. The Bertz CT molecular complexity index is 511. The van der Waals surface area contributed by atoms with Gasteiger partial charge in [0.1, 0.15) is 0 Å². The highest BCUT2D eigenvalue weighted by Gasteiger charge is 2.23. The van der Waals surface area contributed by atoms with Crippen LogP contribution in [0.2, 0.25) is 0 Å². The molecule has 0 atom stereocenters. The van der Waals surface area contributed by atoms with Gasteiger partial charge in [-0.1, -0.05) is 0 Å². The van der Waals surface area contributed by atoms with Crippen molar-refractivity contribution >= 4 is 17.6 Å². The highest BCUT2D eigenvalue weighted by molar-refractivity contribution is 5.94. The number of aliphatic imine (C=N–C) groups is 1. The number of hydrogen-bond acceptors (Lipinski definition) is 3. The first-order valence-corrected chi connectivity index (χ1v) is 7.20. The van der Waals surface area contributed by atoms with Crippen LogP contribution < -0.4 is 11.5 Å². The van der Waals surface area contributed by atoms with Crippen LogP contribution in [0.4, 0.5) is 5.69 Å². The average molecular weight is 289 g/mol. The summed E-state index contributed by atoms with van der Waals surface area (Å²) < 4.78 is 0. The minimum atomic E-state index is 0.0129. The van der Waals surface area contributed by atoms with E-state index < -0.39 is 0 Å². The van der Waals surface area contributed by atoms with Gasteiger partial charge < -0.3 is 16.4 Å². The van der Waals surface area contributed by atoms with E-state index in [2.05, 4.69) is 23.7 Å². The van der Waals surface area contributed by atoms with Crippen LogP contribution in [-0.2, 0) is 0 Å². The molecule has 1 amide bonds. The lowest BCUT2D eigenvalue weighted by atomic mass is 10.1. The Morgan fingerprint density at radius 1 is 1.10 bits per heavy atom. The first-order chi connectivity index (χ1) is 9.97. The van der Waals surface area contributed by atoms with Gasteiger partial charge in [-0.3, -0.25) is 9.69 Å².